The van der Waals surface area contributed by atoms with Crippen molar-refractivity contribution >= 4 is 0 Å². The monoisotopic (exact) mass is 435 g/mol. The first kappa shape index (κ1) is 24.0. The van der Waals surface area contributed by atoms with Gasteiger partial charge < -0.3 is 4.74 Å². The second kappa shape index (κ2) is 6.50. The Bertz CT molecular complexity index is 525. The molecule has 0 bridgehead atoms. The molecule has 16 heteroatoms. The highest BCUT2D eigenvalue weighted by Crippen LogP contribution is 2.59. The fourth-order valence-corrected chi connectivity index (χ4v) is 2.14. The molecule has 3 unspecified atom stereocenters. The lowest BCUT2D eigenvalue weighted by atomic mass is 9.95. The molecule has 27 heavy (non-hydrogen) atoms. The Morgan fingerprint density at radius 3 is 1.56 bits per heavy atom. The lowest BCUT2D eigenvalue weighted by Crippen LogP contribution is -2.79. The van der Waals surface area contributed by atoms with Crippen molar-refractivity contribution < 1.29 is 66.5 Å². The van der Waals surface area contributed by atoms with E-state index in [4.69, 9.17) is 0 Å². The highest BCUT2D eigenvalue weighted by Gasteiger charge is 2.87. The molecule has 1 aliphatic heterocycles. The Labute approximate surface area is 142 Å². The van der Waals surface area contributed by atoms with Crippen LogP contribution in [0, 0.1) is 0 Å². The van der Waals surface area contributed by atoms with Gasteiger partial charge in [-0.25, -0.2) is 13.5 Å². The Morgan fingerprint density at radius 2 is 1.26 bits per heavy atom. The van der Waals surface area contributed by atoms with Gasteiger partial charge in [0, 0.05) is 6.61 Å². The topological polar surface area (TPSA) is 21.7 Å². The van der Waals surface area contributed by atoms with Gasteiger partial charge in [-0.3, -0.25) is 0 Å². The van der Waals surface area contributed by atoms with Crippen molar-refractivity contribution in [2.24, 2.45) is 0 Å². The van der Waals surface area contributed by atoms with Crippen molar-refractivity contribution in [3.05, 3.63) is 0 Å². The Morgan fingerprint density at radius 1 is 0.889 bits per heavy atom. The second-order valence-electron chi connectivity index (χ2n) is 5.29. The van der Waals surface area contributed by atoms with Gasteiger partial charge in [0.2, 0.25) is 6.30 Å². The van der Waals surface area contributed by atoms with Crippen molar-refractivity contribution in [2.75, 3.05) is 6.61 Å². The van der Waals surface area contributed by atoms with Crippen LogP contribution in [0.25, 0.3) is 0 Å². The molecule has 1 aliphatic rings. The molecule has 1 saturated heterocycles. The van der Waals surface area contributed by atoms with E-state index < -0.39 is 60.1 Å². The van der Waals surface area contributed by atoms with Gasteiger partial charge in [0.1, 0.15) is 6.10 Å². The molecule has 0 aromatic carbocycles. The zero-order valence-electron chi connectivity index (χ0n) is 13.0. The third-order valence-corrected chi connectivity index (χ3v) is 3.58. The molecule has 3 atom stereocenters. The summed E-state index contributed by atoms with van der Waals surface area (Å²) >= 11 is 0. The number of ether oxygens (including phenoxy) is 2. The number of hydrogen-bond donors (Lipinski definition) is 0. The van der Waals surface area contributed by atoms with Gasteiger partial charge in [-0.15, -0.1) is 4.90 Å². The first-order chi connectivity index (χ1) is 11.7. The van der Waals surface area contributed by atoms with Crippen LogP contribution in [-0.2, 0) is 9.47 Å². The van der Waals surface area contributed by atoms with E-state index >= 15 is 0 Å². The molecule has 0 amide bonds. The summed E-state index contributed by atoms with van der Waals surface area (Å²) in [6.45, 7) is 0.120. The van der Waals surface area contributed by atoms with Crippen LogP contribution in [0.15, 0.2) is 0 Å². The number of alkyl halides is 13. The quantitative estimate of drug-likeness (QED) is 0.463. The summed E-state index contributed by atoms with van der Waals surface area (Å²) in [5.74, 6) is 0. The van der Waals surface area contributed by atoms with Crippen LogP contribution >= 0.6 is 0 Å². The summed E-state index contributed by atoms with van der Waals surface area (Å²) in [5, 5.41) is 0. The van der Waals surface area contributed by atoms with Crippen LogP contribution in [0.1, 0.15) is 13.8 Å². The maximum atomic E-state index is 14.4. The Kier molecular flexibility index (Phi) is 5.78. The minimum Gasteiger partial charge on any atom is -0.375 e. The first-order valence-electron chi connectivity index (χ1n) is 6.74. The molecule has 0 spiro atoms. The molecule has 0 saturated carbocycles. The van der Waals surface area contributed by atoms with Gasteiger partial charge in [0.25, 0.3) is 5.67 Å². The fraction of sp³-hybridized carbons (Fsp3) is 1.00. The highest BCUT2D eigenvalue weighted by molar-refractivity contribution is 5.05. The van der Waals surface area contributed by atoms with E-state index in [0.717, 1.165) is 6.92 Å². The van der Waals surface area contributed by atoms with Gasteiger partial charge >= 0.3 is 30.5 Å². The predicted molar refractivity (Wildman–Crippen MR) is 58.6 cm³/mol. The molecule has 162 valence electrons. The number of halogens is 13. The van der Waals surface area contributed by atoms with E-state index in [1.54, 1.807) is 0 Å². The molecule has 1 heterocycles. The van der Waals surface area contributed by atoms with Gasteiger partial charge in [0.15, 0.2) is 0 Å². The summed E-state index contributed by atoms with van der Waals surface area (Å²) in [6, 6.07) is -13.6. The van der Waals surface area contributed by atoms with E-state index in [9.17, 15) is 57.1 Å². The van der Waals surface area contributed by atoms with Crippen LogP contribution in [0.3, 0.4) is 0 Å². The maximum absolute atomic E-state index is 14.4. The van der Waals surface area contributed by atoms with E-state index in [2.05, 4.69) is 4.74 Å². The van der Waals surface area contributed by atoms with Crippen LogP contribution in [0.5, 0.6) is 0 Å². The molecule has 0 N–H and O–H groups in total. The van der Waals surface area contributed by atoms with Crippen molar-refractivity contribution in [3.63, 3.8) is 0 Å². The standard InChI is InChI=1S/C11H10F13NO2/c1-3-26-4(2)6(13,7(14,15)16)5(12)25-8(17,18)10(21,22)27-11(23,24)9(25,19)20/h4-5H,3H2,1-2H3. The van der Waals surface area contributed by atoms with Gasteiger partial charge in [0.05, 0.1) is 0 Å². The highest BCUT2D eigenvalue weighted by atomic mass is 19.4. The van der Waals surface area contributed by atoms with E-state index in [1.165, 1.54) is 0 Å². The summed E-state index contributed by atoms with van der Waals surface area (Å²) in [6.07, 6.45) is -28.5. The molecule has 0 radical (unpaired) electrons. The summed E-state index contributed by atoms with van der Waals surface area (Å²) in [7, 11) is 0. The number of morpholine rings is 1. The molecule has 1 fully saturated rings. The molecular formula is C11H10F13NO2. The predicted octanol–water partition coefficient (Wildman–Crippen LogP) is 4.68. The molecule has 0 aromatic rings. The zero-order valence-corrected chi connectivity index (χ0v) is 13.0. The lowest BCUT2D eigenvalue weighted by Gasteiger charge is -2.50. The van der Waals surface area contributed by atoms with Crippen LogP contribution in [-0.4, -0.2) is 60.1 Å². The van der Waals surface area contributed by atoms with Gasteiger partial charge in [-0.2, -0.15) is 48.3 Å². The van der Waals surface area contributed by atoms with Crippen molar-refractivity contribution in [2.45, 2.75) is 62.4 Å². The van der Waals surface area contributed by atoms with Crippen molar-refractivity contribution in [3.8, 4) is 0 Å². The van der Waals surface area contributed by atoms with Crippen LogP contribution in [0.4, 0.5) is 57.1 Å². The van der Waals surface area contributed by atoms with Gasteiger partial charge in [-0.05, 0) is 13.8 Å². The fourth-order valence-electron chi connectivity index (χ4n) is 2.14. The lowest BCUT2D eigenvalue weighted by molar-refractivity contribution is -0.576. The third-order valence-electron chi connectivity index (χ3n) is 3.58. The number of rotatable bonds is 5. The van der Waals surface area contributed by atoms with E-state index in [0.29, 0.717) is 0 Å². The second-order valence-corrected chi connectivity index (χ2v) is 5.29. The zero-order chi connectivity index (χ0) is 21.9. The minimum atomic E-state index is -6.81. The summed E-state index contributed by atoms with van der Waals surface area (Å²) < 4.78 is 180. The van der Waals surface area contributed by atoms with Crippen molar-refractivity contribution in [1.29, 1.82) is 0 Å². The van der Waals surface area contributed by atoms with Crippen LogP contribution < -0.4 is 0 Å². The first-order valence-corrected chi connectivity index (χ1v) is 6.74. The van der Waals surface area contributed by atoms with Crippen molar-refractivity contribution in [1.82, 2.24) is 4.90 Å². The van der Waals surface area contributed by atoms with E-state index in [1.807, 2.05) is 4.74 Å². The number of hydrogen-bond acceptors (Lipinski definition) is 3. The number of nitrogens with zero attached hydrogens (tertiary/aromatic N) is 1. The normalized spacial score (nSPS) is 29.0. The Balaban J connectivity index is 3.68. The van der Waals surface area contributed by atoms with Gasteiger partial charge in [-0.1, -0.05) is 0 Å². The average Bonchev–Trinajstić information content (AvgIpc) is 2.42. The molecule has 0 aliphatic carbocycles. The van der Waals surface area contributed by atoms with Crippen LogP contribution in [0.2, 0.25) is 0 Å². The smallest absolute Gasteiger partial charge is 0.375 e. The average molecular weight is 435 g/mol. The SMILES string of the molecule is CCOC(C)C(F)(C(F)N1C(F)(F)C(F)(F)OC(F)(F)C1(F)F)C(F)(F)F. The molecular weight excluding hydrogens is 425 g/mol. The molecule has 1 rings (SSSR count). The largest absolute Gasteiger partial charge is 0.439 e. The molecule has 0 aromatic heterocycles. The van der Waals surface area contributed by atoms with E-state index in [-0.39, 0.29) is 6.92 Å². The third kappa shape index (κ3) is 3.32. The minimum absolute atomic E-state index is 0.0522. The Hall–Kier alpha value is -1.03. The molecule has 3 nitrogen and oxygen atoms in total. The summed E-state index contributed by atoms with van der Waals surface area (Å²) in [4.78, 5) is -3.19. The summed E-state index contributed by atoms with van der Waals surface area (Å²) in [5.41, 5.74) is -5.83. The maximum Gasteiger partial charge on any atom is 0.439 e.